The lowest BCUT2D eigenvalue weighted by Crippen LogP contribution is -2.45. The minimum atomic E-state index is 0.399. The molecular weight excluding hydrogens is 220 g/mol. The van der Waals surface area contributed by atoms with Gasteiger partial charge in [0.15, 0.2) is 0 Å². The first kappa shape index (κ1) is 17.9. The van der Waals surface area contributed by atoms with Gasteiger partial charge in [-0.25, -0.2) is 0 Å². The highest BCUT2D eigenvalue weighted by Crippen LogP contribution is 2.25. The van der Waals surface area contributed by atoms with Crippen molar-refractivity contribution >= 4 is 0 Å². The Hall–Kier alpha value is -0.0800. The summed E-state index contributed by atoms with van der Waals surface area (Å²) in [6.45, 7) is 16.1. The van der Waals surface area contributed by atoms with Gasteiger partial charge in [-0.2, -0.15) is 0 Å². The van der Waals surface area contributed by atoms with Crippen molar-refractivity contribution in [2.45, 2.75) is 79.3 Å². The van der Waals surface area contributed by atoms with Crippen molar-refractivity contribution in [2.75, 3.05) is 20.1 Å². The molecule has 18 heavy (non-hydrogen) atoms. The third kappa shape index (κ3) is 7.38. The third-order valence-electron chi connectivity index (χ3n) is 3.88. The SMILES string of the molecule is CCCC(C)N(C)CC(C)(CCC)CNC(C)C. The van der Waals surface area contributed by atoms with Crippen molar-refractivity contribution in [3.05, 3.63) is 0 Å². The number of rotatable bonds is 10. The standard InChI is InChI=1S/C16H36N2/c1-8-10-15(5)18(7)13-16(6,11-9-2)12-17-14(3)4/h14-15,17H,8-13H2,1-7H3. The molecule has 0 saturated heterocycles. The summed E-state index contributed by atoms with van der Waals surface area (Å²) in [5, 5.41) is 3.62. The first-order valence-electron chi connectivity index (χ1n) is 7.78. The van der Waals surface area contributed by atoms with Crippen LogP contribution < -0.4 is 5.32 Å². The molecular formula is C16H36N2. The average molecular weight is 256 g/mol. The molecule has 1 N–H and O–H groups in total. The Balaban J connectivity index is 4.39. The van der Waals surface area contributed by atoms with Gasteiger partial charge in [0.2, 0.25) is 0 Å². The van der Waals surface area contributed by atoms with Crippen LogP contribution in [0.1, 0.15) is 67.2 Å². The van der Waals surface area contributed by atoms with Crippen LogP contribution in [0, 0.1) is 5.41 Å². The fourth-order valence-electron chi connectivity index (χ4n) is 2.67. The lowest BCUT2D eigenvalue weighted by molar-refractivity contribution is 0.135. The highest BCUT2D eigenvalue weighted by atomic mass is 15.1. The number of nitrogens with zero attached hydrogens (tertiary/aromatic N) is 1. The summed E-state index contributed by atoms with van der Waals surface area (Å²) >= 11 is 0. The quantitative estimate of drug-likeness (QED) is 0.637. The Bertz CT molecular complexity index is 203. The molecule has 2 atom stereocenters. The minimum absolute atomic E-state index is 0.399. The van der Waals surface area contributed by atoms with Gasteiger partial charge in [0, 0.05) is 25.2 Å². The first-order chi connectivity index (χ1) is 8.34. The highest BCUT2D eigenvalue weighted by molar-refractivity contribution is 4.82. The van der Waals surface area contributed by atoms with E-state index in [1.807, 2.05) is 0 Å². The number of hydrogen-bond donors (Lipinski definition) is 1. The molecule has 2 heteroatoms. The Morgan fingerprint density at radius 2 is 1.72 bits per heavy atom. The summed E-state index contributed by atoms with van der Waals surface area (Å²) in [6, 6.07) is 1.28. The Morgan fingerprint density at radius 3 is 2.17 bits per heavy atom. The topological polar surface area (TPSA) is 15.3 Å². The maximum absolute atomic E-state index is 3.62. The summed E-state index contributed by atoms with van der Waals surface area (Å²) in [4.78, 5) is 2.54. The summed E-state index contributed by atoms with van der Waals surface area (Å²) in [7, 11) is 2.28. The smallest absolute Gasteiger partial charge is 0.00640 e. The molecule has 110 valence electrons. The maximum atomic E-state index is 3.62. The van der Waals surface area contributed by atoms with Crippen molar-refractivity contribution in [1.82, 2.24) is 10.2 Å². The molecule has 0 aromatic carbocycles. The Labute approximate surface area is 116 Å². The van der Waals surface area contributed by atoms with Crippen LogP contribution in [0.15, 0.2) is 0 Å². The molecule has 0 aliphatic rings. The molecule has 0 spiro atoms. The normalized spacial score (nSPS) is 17.2. The zero-order chi connectivity index (χ0) is 14.2. The zero-order valence-corrected chi connectivity index (χ0v) is 13.8. The highest BCUT2D eigenvalue weighted by Gasteiger charge is 2.26. The van der Waals surface area contributed by atoms with Crippen LogP contribution >= 0.6 is 0 Å². The molecule has 2 unspecified atom stereocenters. The molecule has 0 aliphatic carbocycles. The van der Waals surface area contributed by atoms with Crippen LogP contribution in [0.3, 0.4) is 0 Å². The van der Waals surface area contributed by atoms with Gasteiger partial charge in [0.05, 0.1) is 0 Å². The zero-order valence-electron chi connectivity index (χ0n) is 13.8. The number of nitrogens with one attached hydrogen (secondary N) is 1. The lowest BCUT2D eigenvalue weighted by Gasteiger charge is -2.37. The summed E-state index contributed by atoms with van der Waals surface area (Å²) in [5.74, 6) is 0. The molecule has 2 nitrogen and oxygen atoms in total. The lowest BCUT2D eigenvalue weighted by atomic mass is 9.84. The van der Waals surface area contributed by atoms with Crippen LogP contribution in [-0.2, 0) is 0 Å². The predicted octanol–water partition coefficient (Wildman–Crippen LogP) is 3.91. The van der Waals surface area contributed by atoms with E-state index in [4.69, 9.17) is 0 Å². The largest absolute Gasteiger partial charge is 0.314 e. The molecule has 0 radical (unpaired) electrons. The van der Waals surface area contributed by atoms with Crippen molar-refractivity contribution in [3.63, 3.8) is 0 Å². The van der Waals surface area contributed by atoms with E-state index in [-0.39, 0.29) is 0 Å². The van der Waals surface area contributed by atoms with Gasteiger partial charge < -0.3 is 10.2 Å². The van der Waals surface area contributed by atoms with Crippen molar-refractivity contribution < 1.29 is 0 Å². The Kier molecular flexibility index (Phi) is 8.89. The van der Waals surface area contributed by atoms with Crippen LogP contribution in [0.25, 0.3) is 0 Å². The molecule has 0 heterocycles. The van der Waals surface area contributed by atoms with Crippen molar-refractivity contribution in [1.29, 1.82) is 0 Å². The molecule has 0 bridgehead atoms. The van der Waals surface area contributed by atoms with E-state index in [0.29, 0.717) is 17.5 Å². The predicted molar refractivity (Wildman–Crippen MR) is 83.2 cm³/mol. The van der Waals surface area contributed by atoms with E-state index in [9.17, 15) is 0 Å². The van der Waals surface area contributed by atoms with Gasteiger partial charge in [-0.05, 0) is 32.2 Å². The second kappa shape index (κ2) is 8.92. The fraction of sp³-hybridized carbons (Fsp3) is 1.00. The monoisotopic (exact) mass is 256 g/mol. The van der Waals surface area contributed by atoms with E-state index < -0.39 is 0 Å². The van der Waals surface area contributed by atoms with Gasteiger partial charge in [-0.1, -0.05) is 47.5 Å². The van der Waals surface area contributed by atoms with Gasteiger partial charge in [0.1, 0.15) is 0 Å². The summed E-state index contributed by atoms with van der Waals surface area (Å²) < 4.78 is 0. The van der Waals surface area contributed by atoms with Gasteiger partial charge in [0.25, 0.3) is 0 Å². The van der Waals surface area contributed by atoms with Gasteiger partial charge in [-0.15, -0.1) is 0 Å². The molecule has 0 aromatic rings. The van der Waals surface area contributed by atoms with E-state index in [1.165, 1.54) is 32.2 Å². The second-order valence-electron chi connectivity index (χ2n) is 6.65. The molecule has 0 amide bonds. The molecule has 0 rings (SSSR count). The van der Waals surface area contributed by atoms with E-state index in [1.54, 1.807) is 0 Å². The maximum Gasteiger partial charge on any atom is 0.00640 e. The summed E-state index contributed by atoms with van der Waals surface area (Å²) in [6.07, 6.45) is 5.15. The third-order valence-corrected chi connectivity index (χ3v) is 3.88. The second-order valence-corrected chi connectivity index (χ2v) is 6.65. The van der Waals surface area contributed by atoms with Gasteiger partial charge in [-0.3, -0.25) is 0 Å². The van der Waals surface area contributed by atoms with Crippen LogP contribution in [-0.4, -0.2) is 37.1 Å². The minimum Gasteiger partial charge on any atom is -0.314 e. The molecule has 0 fully saturated rings. The van der Waals surface area contributed by atoms with E-state index in [2.05, 4.69) is 58.8 Å². The first-order valence-corrected chi connectivity index (χ1v) is 7.78. The number of hydrogen-bond acceptors (Lipinski definition) is 2. The van der Waals surface area contributed by atoms with Crippen LogP contribution in [0.2, 0.25) is 0 Å². The fourth-order valence-corrected chi connectivity index (χ4v) is 2.67. The summed E-state index contributed by atoms with van der Waals surface area (Å²) in [5.41, 5.74) is 0.399. The average Bonchev–Trinajstić information content (AvgIpc) is 2.27. The molecule has 0 aromatic heterocycles. The van der Waals surface area contributed by atoms with Crippen molar-refractivity contribution in [3.8, 4) is 0 Å². The van der Waals surface area contributed by atoms with Gasteiger partial charge >= 0.3 is 0 Å². The molecule has 0 aliphatic heterocycles. The van der Waals surface area contributed by atoms with Crippen LogP contribution in [0.4, 0.5) is 0 Å². The van der Waals surface area contributed by atoms with Crippen LogP contribution in [0.5, 0.6) is 0 Å². The molecule has 0 saturated carbocycles. The van der Waals surface area contributed by atoms with Crippen molar-refractivity contribution in [2.24, 2.45) is 5.41 Å². The van der Waals surface area contributed by atoms with E-state index >= 15 is 0 Å². The Morgan fingerprint density at radius 1 is 1.11 bits per heavy atom. The van der Waals surface area contributed by atoms with E-state index in [0.717, 1.165) is 6.54 Å².